The molecule has 0 aliphatic heterocycles. The molecule has 3 rings (SSSR count). The summed E-state index contributed by atoms with van der Waals surface area (Å²) in [6, 6.07) is 17.5. The van der Waals surface area contributed by atoms with Gasteiger partial charge < -0.3 is 4.74 Å². The van der Waals surface area contributed by atoms with Crippen molar-refractivity contribution in [3.63, 3.8) is 0 Å². The third-order valence-corrected chi connectivity index (χ3v) is 4.38. The van der Waals surface area contributed by atoms with Crippen LogP contribution in [0, 0.1) is 0 Å². The van der Waals surface area contributed by atoms with Crippen LogP contribution in [0.3, 0.4) is 0 Å². The highest BCUT2D eigenvalue weighted by atomic mass is 35.5. The standard InChI is InChI=1S/C21H17Cl2NO2/c1-26-21-19(17-3-2-4-18(22)12-17)10-16(13-24-21)9-14-5-7-15(8-6-14)11-20(23)25/h2-8,10,12-13H,9,11H2,1H3. The number of halogens is 2. The van der Waals surface area contributed by atoms with Gasteiger partial charge in [-0.25, -0.2) is 4.98 Å². The summed E-state index contributed by atoms with van der Waals surface area (Å²) in [6.45, 7) is 0. The van der Waals surface area contributed by atoms with E-state index in [0.29, 0.717) is 10.9 Å². The Hall–Kier alpha value is -2.36. The van der Waals surface area contributed by atoms with Crippen LogP contribution in [0.5, 0.6) is 5.88 Å². The second-order valence-electron chi connectivity index (χ2n) is 5.94. The van der Waals surface area contributed by atoms with Gasteiger partial charge >= 0.3 is 0 Å². The number of nitrogens with zero attached hydrogens (tertiary/aromatic N) is 1. The lowest BCUT2D eigenvalue weighted by Gasteiger charge is -2.11. The van der Waals surface area contributed by atoms with E-state index in [-0.39, 0.29) is 11.7 Å². The van der Waals surface area contributed by atoms with Crippen molar-refractivity contribution in [3.05, 3.63) is 82.5 Å². The minimum atomic E-state index is -0.358. The highest BCUT2D eigenvalue weighted by Crippen LogP contribution is 2.31. The third-order valence-electron chi connectivity index (χ3n) is 4.01. The van der Waals surface area contributed by atoms with Crippen molar-refractivity contribution in [3.8, 4) is 17.0 Å². The first-order valence-corrected chi connectivity index (χ1v) is 8.86. The maximum atomic E-state index is 11.0. The minimum Gasteiger partial charge on any atom is -0.481 e. The molecule has 0 aliphatic carbocycles. The topological polar surface area (TPSA) is 39.2 Å². The van der Waals surface area contributed by atoms with E-state index < -0.39 is 0 Å². The van der Waals surface area contributed by atoms with Crippen LogP contribution >= 0.6 is 23.2 Å². The lowest BCUT2D eigenvalue weighted by molar-refractivity contribution is -0.111. The van der Waals surface area contributed by atoms with Gasteiger partial charge in [-0.3, -0.25) is 4.79 Å². The second-order valence-corrected chi connectivity index (χ2v) is 6.79. The van der Waals surface area contributed by atoms with E-state index >= 15 is 0 Å². The van der Waals surface area contributed by atoms with Crippen molar-refractivity contribution in [1.29, 1.82) is 0 Å². The summed E-state index contributed by atoms with van der Waals surface area (Å²) in [5.41, 5.74) is 4.94. The van der Waals surface area contributed by atoms with E-state index in [1.54, 1.807) is 7.11 Å². The van der Waals surface area contributed by atoms with Crippen LogP contribution in [-0.2, 0) is 17.6 Å². The molecule has 5 heteroatoms. The van der Waals surface area contributed by atoms with Crippen LogP contribution in [0.1, 0.15) is 16.7 Å². The predicted octanol–water partition coefficient (Wildman–Crippen LogP) is 5.31. The number of ether oxygens (including phenoxy) is 1. The van der Waals surface area contributed by atoms with Crippen LogP contribution in [0.15, 0.2) is 60.8 Å². The zero-order valence-electron chi connectivity index (χ0n) is 14.2. The molecule has 0 amide bonds. The first-order valence-electron chi connectivity index (χ1n) is 8.10. The molecule has 0 unspecified atom stereocenters. The van der Waals surface area contributed by atoms with Crippen LogP contribution < -0.4 is 4.74 Å². The molecule has 1 heterocycles. The quantitative estimate of drug-likeness (QED) is 0.539. The predicted molar refractivity (Wildman–Crippen MR) is 105 cm³/mol. The summed E-state index contributed by atoms with van der Waals surface area (Å²) in [7, 11) is 1.60. The molecule has 0 saturated carbocycles. The Morgan fingerprint density at radius 3 is 2.42 bits per heavy atom. The molecular weight excluding hydrogens is 369 g/mol. The smallest absolute Gasteiger partial charge is 0.226 e. The largest absolute Gasteiger partial charge is 0.481 e. The molecule has 3 nitrogen and oxygen atoms in total. The lowest BCUT2D eigenvalue weighted by Crippen LogP contribution is -1.97. The van der Waals surface area contributed by atoms with Gasteiger partial charge in [0.15, 0.2) is 0 Å². The van der Waals surface area contributed by atoms with Gasteiger partial charge in [-0.2, -0.15) is 0 Å². The van der Waals surface area contributed by atoms with Crippen molar-refractivity contribution in [2.24, 2.45) is 0 Å². The molecule has 0 N–H and O–H groups in total. The SMILES string of the molecule is COc1ncc(Cc2ccc(CC(=O)Cl)cc2)cc1-c1cccc(Cl)c1. The van der Waals surface area contributed by atoms with Gasteiger partial charge in [-0.1, -0.05) is 48.0 Å². The first-order chi connectivity index (χ1) is 12.5. The van der Waals surface area contributed by atoms with Crippen molar-refractivity contribution in [2.75, 3.05) is 7.11 Å². The van der Waals surface area contributed by atoms with Gasteiger partial charge in [0, 0.05) is 23.2 Å². The van der Waals surface area contributed by atoms with Crippen LogP contribution in [0.25, 0.3) is 11.1 Å². The Morgan fingerprint density at radius 1 is 1.04 bits per heavy atom. The third kappa shape index (κ3) is 4.63. The van der Waals surface area contributed by atoms with Gasteiger partial charge in [0.05, 0.1) is 7.11 Å². The van der Waals surface area contributed by atoms with Crippen LogP contribution in [-0.4, -0.2) is 17.3 Å². The number of rotatable bonds is 6. The zero-order valence-corrected chi connectivity index (χ0v) is 15.7. The molecule has 132 valence electrons. The summed E-state index contributed by atoms with van der Waals surface area (Å²) in [4.78, 5) is 15.4. The molecule has 1 aromatic heterocycles. The van der Waals surface area contributed by atoms with Gasteiger partial charge in [-0.15, -0.1) is 0 Å². The van der Waals surface area contributed by atoms with Crippen molar-refractivity contribution >= 4 is 28.4 Å². The van der Waals surface area contributed by atoms with Crippen molar-refractivity contribution in [2.45, 2.75) is 12.8 Å². The van der Waals surface area contributed by atoms with E-state index in [0.717, 1.165) is 34.2 Å². The molecule has 3 aromatic rings. The van der Waals surface area contributed by atoms with E-state index in [2.05, 4.69) is 11.1 Å². The fraction of sp³-hybridized carbons (Fsp3) is 0.143. The first kappa shape index (κ1) is 18.4. The highest BCUT2D eigenvalue weighted by Gasteiger charge is 2.10. The Morgan fingerprint density at radius 2 is 1.77 bits per heavy atom. The summed E-state index contributed by atoms with van der Waals surface area (Å²) in [5.74, 6) is 0.562. The van der Waals surface area contributed by atoms with E-state index in [4.69, 9.17) is 27.9 Å². The normalized spacial score (nSPS) is 10.6. The van der Waals surface area contributed by atoms with E-state index in [1.165, 1.54) is 0 Å². The van der Waals surface area contributed by atoms with Crippen molar-refractivity contribution in [1.82, 2.24) is 4.98 Å². The second kappa shape index (κ2) is 8.35. The number of carbonyl (C=O) groups excluding carboxylic acids is 1. The van der Waals surface area contributed by atoms with E-state index in [9.17, 15) is 4.79 Å². The number of benzene rings is 2. The molecule has 0 fully saturated rings. The number of hydrogen-bond acceptors (Lipinski definition) is 3. The Balaban J connectivity index is 1.87. The summed E-state index contributed by atoms with van der Waals surface area (Å²) in [6.07, 6.45) is 2.77. The van der Waals surface area contributed by atoms with Gasteiger partial charge in [0.25, 0.3) is 0 Å². The average Bonchev–Trinajstić information content (AvgIpc) is 2.63. The monoisotopic (exact) mass is 385 g/mol. The summed E-state index contributed by atoms with van der Waals surface area (Å²) in [5, 5.41) is 0.308. The van der Waals surface area contributed by atoms with Gasteiger partial charge in [-0.05, 0) is 58.5 Å². The van der Waals surface area contributed by atoms with Gasteiger partial charge in [0.1, 0.15) is 0 Å². The molecule has 26 heavy (non-hydrogen) atoms. The number of hydrogen-bond donors (Lipinski definition) is 0. The molecule has 2 aromatic carbocycles. The fourth-order valence-corrected chi connectivity index (χ4v) is 3.13. The zero-order chi connectivity index (χ0) is 18.5. The molecule has 0 spiro atoms. The summed E-state index contributed by atoms with van der Waals surface area (Å²) >= 11 is 11.5. The molecule has 0 bridgehead atoms. The van der Waals surface area contributed by atoms with Crippen LogP contribution in [0.4, 0.5) is 0 Å². The molecular formula is C21H17Cl2NO2. The number of carbonyl (C=O) groups is 1. The number of pyridine rings is 1. The fourth-order valence-electron chi connectivity index (χ4n) is 2.79. The summed E-state index contributed by atoms with van der Waals surface area (Å²) < 4.78 is 5.40. The highest BCUT2D eigenvalue weighted by molar-refractivity contribution is 6.63. The van der Waals surface area contributed by atoms with Gasteiger partial charge in [0.2, 0.25) is 11.1 Å². The molecule has 0 saturated heterocycles. The molecule has 0 radical (unpaired) electrons. The van der Waals surface area contributed by atoms with Crippen LogP contribution in [0.2, 0.25) is 5.02 Å². The number of methoxy groups -OCH3 is 1. The van der Waals surface area contributed by atoms with E-state index in [1.807, 2.05) is 54.7 Å². The molecule has 0 atom stereocenters. The maximum absolute atomic E-state index is 11.0. The number of aromatic nitrogens is 1. The molecule has 0 aliphatic rings. The Labute approximate surface area is 162 Å². The lowest BCUT2D eigenvalue weighted by atomic mass is 10.0. The maximum Gasteiger partial charge on any atom is 0.226 e. The Bertz CT molecular complexity index is 924. The van der Waals surface area contributed by atoms with Crippen molar-refractivity contribution < 1.29 is 9.53 Å². The average molecular weight is 386 g/mol. The Kier molecular flexibility index (Phi) is 5.92. The minimum absolute atomic E-state index is 0.241.